The molecule has 1 N–H and O–H groups in total. The van der Waals surface area contributed by atoms with Gasteiger partial charge in [0.15, 0.2) is 5.13 Å². The third-order valence-corrected chi connectivity index (χ3v) is 5.24. The van der Waals surface area contributed by atoms with Crippen LogP contribution in [0.3, 0.4) is 0 Å². The molecule has 0 radical (unpaired) electrons. The summed E-state index contributed by atoms with van der Waals surface area (Å²) < 4.78 is 0. The zero-order chi connectivity index (χ0) is 13.8. The number of thiazole rings is 1. The molecule has 5 heteroatoms. The van der Waals surface area contributed by atoms with Gasteiger partial charge >= 0.3 is 0 Å². The van der Waals surface area contributed by atoms with Crippen molar-refractivity contribution in [3.63, 3.8) is 0 Å². The predicted octanol–water partition coefficient (Wildman–Crippen LogP) is 4.19. The van der Waals surface area contributed by atoms with Crippen LogP contribution in [0.1, 0.15) is 35.9 Å². The third kappa shape index (κ3) is 3.81. The minimum atomic E-state index is 0.784. The molecule has 0 atom stereocenters. The van der Waals surface area contributed by atoms with Crippen LogP contribution in [-0.4, -0.2) is 22.5 Å². The smallest absolute Gasteiger partial charge is 0.182 e. The van der Waals surface area contributed by atoms with Crippen molar-refractivity contribution in [3.05, 3.63) is 33.5 Å². The molecule has 0 aliphatic heterocycles. The van der Waals surface area contributed by atoms with E-state index in [-0.39, 0.29) is 0 Å². The van der Waals surface area contributed by atoms with Crippen LogP contribution < -0.4 is 5.32 Å². The summed E-state index contributed by atoms with van der Waals surface area (Å²) in [5.41, 5.74) is 0. The molecule has 0 spiro atoms. The molecule has 3 rings (SSSR count). The average Bonchev–Trinajstić information content (AvgIpc) is 3.00. The maximum absolute atomic E-state index is 4.47. The summed E-state index contributed by atoms with van der Waals surface area (Å²) in [4.78, 5) is 9.90. The average molecular weight is 307 g/mol. The van der Waals surface area contributed by atoms with Gasteiger partial charge in [-0.25, -0.2) is 4.98 Å². The second-order valence-electron chi connectivity index (χ2n) is 5.27. The minimum Gasteiger partial charge on any atom is -0.362 e. The summed E-state index contributed by atoms with van der Waals surface area (Å²) >= 11 is 3.66. The Morgan fingerprint density at radius 1 is 1.35 bits per heavy atom. The molecule has 0 bridgehead atoms. The molecule has 20 heavy (non-hydrogen) atoms. The van der Waals surface area contributed by atoms with Crippen LogP contribution in [0.25, 0.3) is 0 Å². The Morgan fingerprint density at radius 3 is 2.90 bits per heavy atom. The lowest BCUT2D eigenvalue weighted by molar-refractivity contribution is 0.250. The number of aromatic nitrogens is 1. The van der Waals surface area contributed by atoms with E-state index in [0.717, 1.165) is 37.2 Å². The van der Waals surface area contributed by atoms with E-state index in [1.165, 1.54) is 22.6 Å². The van der Waals surface area contributed by atoms with E-state index >= 15 is 0 Å². The molecule has 2 aromatic heterocycles. The van der Waals surface area contributed by atoms with Gasteiger partial charge in [-0.3, -0.25) is 4.90 Å². The first-order valence-corrected chi connectivity index (χ1v) is 8.99. The maximum Gasteiger partial charge on any atom is 0.182 e. The molecule has 0 unspecified atom stereocenters. The second kappa shape index (κ2) is 6.70. The molecule has 0 amide bonds. The van der Waals surface area contributed by atoms with Crippen molar-refractivity contribution in [3.8, 4) is 0 Å². The van der Waals surface area contributed by atoms with Crippen molar-refractivity contribution in [2.24, 2.45) is 0 Å². The molecule has 0 saturated heterocycles. The van der Waals surface area contributed by atoms with Crippen molar-refractivity contribution in [1.82, 2.24) is 9.88 Å². The van der Waals surface area contributed by atoms with Crippen LogP contribution in [-0.2, 0) is 13.1 Å². The van der Waals surface area contributed by atoms with Gasteiger partial charge in [0, 0.05) is 41.6 Å². The lowest BCUT2D eigenvalue weighted by Crippen LogP contribution is -2.24. The van der Waals surface area contributed by atoms with E-state index < -0.39 is 0 Å². The number of rotatable bonds is 8. The number of nitrogens with zero attached hydrogens (tertiary/aromatic N) is 2. The first-order chi connectivity index (χ1) is 9.85. The van der Waals surface area contributed by atoms with Crippen LogP contribution in [0.4, 0.5) is 5.13 Å². The molecule has 1 fully saturated rings. The SMILES string of the molecule is CCCNc1ncc(CN(Cc2cccs2)C2CC2)s1. The Bertz CT molecular complexity index is 517. The van der Waals surface area contributed by atoms with Gasteiger partial charge < -0.3 is 5.32 Å². The lowest BCUT2D eigenvalue weighted by Gasteiger charge is -2.20. The fraction of sp³-hybridized carbons (Fsp3) is 0.533. The van der Waals surface area contributed by atoms with E-state index in [1.54, 1.807) is 11.3 Å². The van der Waals surface area contributed by atoms with Crippen LogP contribution in [0, 0.1) is 0 Å². The Kier molecular flexibility index (Phi) is 4.70. The Hall–Kier alpha value is -0.910. The molecular weight excluding hydrogens is 286 g/mol. The minimum absolute atomic E-state index is 0.784. The van der Waals surface area contributed by atoms with Crippen LogP contribution in [0.2, 0.25) is 0 Å². The third-order valence-electron chi connectivity index (χ3n) is 3.44. The number of hydrogen-bond acceptors (Lipinski definition) is 5. The highest BCUT2D eigenvalue weighted by Gasteiger charge is 2.29. The Morgan fingerprint density at radius 2 is 2.20 bits per heavy atom. The highest BCUT2D eigenvalue weighted by molar-refractivity contribution is 7.15. The van der Waals surface area contributed by atoms with Gasteiger partial charge in [0.05, 0.1) is 0 Å². The maximum atomic E-state index is 4.47. The van der Waals surface area contributed by atoms with E-state index in [4.69, 9.17) is 0 Å². The van der Waals surface area contributed by atoms with Crippen LogP contribution >= 0.6 is 22.7 Å². The molecular formula is C15H21N3S2. The quantitative estimate of drug-likeness (QED) is 0.792. The fourth-order valence-corrected chi connectivity index (χ4v) is 3.84. The highest BCUT2D eigenvalue weighted by Crippen LogP contribution is 2.32. The molecule has 0 aromatic carbocycles. The van der Waals surface area contributed by atoms with Gasteiger partial charge in [0.2, 0.25) is 0 Å². The number of nitrogens with one attached hydrogen (secondary N) is 1. The number of anilines is 1. The van der Waals surface area contributed by atoms with Crippen LogP contribution in [0.15, 0.2) is 23.7 Å². The van der Waals surface area contributed by atoms with Crippen molar-refractivity contribution in [1.29, 1.82) is 0 Å². The zero-order valence-corrected chi connectivity index (χ0v) is 13.5. The van der Waals surface area contributed by atoms with Crippen molar-refractivity contribution in [2.45, 2.75) is 45.3 Å². The number of hydrogen-bond donors (Lipinski definition) is 1. The van der Waals surface area contributed by atoms with Gasteiger partial charge in [-0.2, -0.15) is 0 Å². The Labute approximate surface area is 128 Å². The highest BCUT2D eigenvalue weighted by atomic mass is 32.1. The van der Waals surface area contributed by atoms with E-state index in [2.05, 4.69) is 39.6 Å². The normalized spacial score (nSPS) is 14.9. The zero-order valence-electron chi connectivity index (χ0n) is 11.8. The van der Waals surface area contributed by atoms with Crippen molar-refractivity contribution in [2.75, 3.05) is 11.9 Å². The Balaban J connectivity index is 1.59. The second-order valence-corrected chi connectivity index (χ2v) is 7.42. The lowest BCUT2D eigenvalue weighted by atomic mass is 10.3. The summed E-state index contributed by atoms with van der Waals surface area (Å²) in [5.74, 6) is 0. The molecule has 2 heterocycles. The molecule has 1 aliphatic carbocycles. The summed E-state index contributed by atoms with van der Waals surface area (Å²) in [6.45, 7) is 5.30. The summed E-state index contributed by atoms with van der Waals surface area (Å²) in [5, 5.41) is 6.60. The largest absolute Gasteiger partial charge is 0.362 e. The van der Waals surface area contributed by atoms with Crippen molar-refractivity contribution >= 4 is 27.8 Å². The van der Waals surface area contributed by atoms with Gasteiger partial charge in [-0.05, 0) is 30.7 Å². The van der Waals surface area contributed by atoms with Gasteiger partial charge in [-0.15, -0.1) is 22.7 Å². The topological polar surface area (TPSA) is 28.2 Å². The molecule has 2 aromatic rings. The number of thiophene rings is 1. The van der Waals surface area contributed by atoms with E-state index in [9.17, 15) is 0 Å². The van der Waals surface area contributed by atoms with Gasteiger partial charge in [-0.1, -0.05) is 13.0 Å². The monoisotopic (exact) mass is 307 g/mol. The molecule has 3 nitrogen and oxygen atoms in total. The van der Waals surface area contributed by atoms with E-state index in [0.29, 0.717) is 0 Å². The molecule has 1 saturated carbocycles. The fourth-order valence-electron chi connectivity index (χ4n) is 2.25. The predicted molar refractivity (Wildman–Crippen MR) is 87.5 cm³/mol. The van der Waals surface area contributed by atoms with Gasteiger partial charge in [0.25, 0.3) is 0 Å². The first-order valence-electron chi connectivity index (χ1n) is 7.30. The summed E-state index contributed by atoms with van der Waals surface area (Å²) in [6.07, 6.45) is 5.88. The standard InChI is InChI=1S/C15H21N3S2/c1-2-7-16-15-17-9-14(20-15)11-18(12-5-6-12)10-13-4-3-8-19-13/h3-4,8-9,12H,2,5-7,10-11H2,1H3,(H,16,17). The van der Waals surface area contributed by atoms with E-state index in [1.807, 2.05) is 17.5 Å². The molecule has 108 valence electrons. The molecule has 1 aliphatic rings. The van der Waals surface area contributed by atoms with Crippen molar-refractivity contribution < 1.29 is 0 Å². The van der Waals surface area contributed by atoms with Crippen LogP contribution in [0.5, 0.6) is 0 Å². The summed E-state index contributed by atoms with van der Waals surface area (Å²) in [6, 6.07) is 5.16. The summed E-state index contributed by atoms with van der Waals surface area (Å²) in [7, 11) is 0. The van der Waals surface area contributed by atoms with Gasteiger partial charge in [0.1, 0.15) is 0 Å². The first kappa shape index (κ1) is 14.0.